The highest BCUT2D eigenvalue weighted by Crippen LogP contribution is 2.25. The number of carbonyl (C=O) groups excluding carboxylic acids is 1. The summed E-state index contributed by atoms with van der Waals surface area (Å²) >= 11 is 0. The third kappa shape index (κ3) is 5.19. The Labute approximate surface area is 167 Å². The number of methoxy groups -OCH3 is 1. The normalized spacial score (nSPS) is 10.6. The second kappa shape index (κ2) is 9.01. The molecule has 0 fully saturated rings. The van der Waals surface area contributed by atoms with Gasteiger partial charge in [0.1, 0.15) is 12.4 Å². The van der Waals surface area contributed by atoms with Crippen molar-refractivity contribution < 1.29 is 23.6 Å². The first-order chi connectivity index (χ1) is 14.0. The van der Waals surface area contributed by atoms with E-state index >= 15 is 0 Å². The van der Waals surface area contributed by atoms with Crippen molar-refractivity contribution in [2.45, 2.75) is 26.4 Å². The number of esters is 1. The molecule has 0 aliphatic rings. The van der Waals surface area contributed by atoms with Gasteiger partial charge in [0.2, 0.25) is 0 Å². The van der Waals surface area contributed by atoms with Crippen molar-refractivity contribution in [2.24, 2.45) is 0 Å². The summed E-state index contributed by atoms with van der Waals surface area (Å²) in [5.74, 6) is 1.02. The molecule has 29 heavy (non-hydrogen) atoms. The Bertz CT molecular complexity index is 1010. The number of rotatable bonds is 8. The summed E-state index contributed by atoms with van der Waals surface area (Å²) in [7, 11) is 1.45. The Kier molecular flexibility index (Phi) is 6.23. The summed E-state index contributed by atoms with van der Waals surface area (Å²) in [6.07, 6.45) is 1.99. The highest BCUT2D eigenvalue weighted by Gasteiger charge is 2.14. The first kappa shape index (κ1) is 20.1. The van der Waals surface area contributed by atoms with Gasteiger partial charge in [-0.2, -0.15) is 0 Å². The Balaban J connectivity index is 1.55. The Morgan fingerprint density at radius 1 is 1.21 bits per heavy atom. The molecule has 150 valence electrons. The van der Waals surface area contributed by atoms with Gasteiger partial charge in [-0.3, -0.25) is 14.9 Å². The van der Waals surface area contributed by atoms with Crippen LogP contribution in [0.1, 0.15) is 23.4 Å². The quantitative estimate of drug-likeness (QED) is 0.318. The Morgan fingerprint density at radius 2 is 1.97 bits per heavy atom. The minimum Gasteiger partial charge on any atom is -0.496 e. The van der Waals surface area contributed by atoms with Gasteiger partial charge in [-0.25, -0.2) is 4.98 Å². The molecule has 8 heteroatoms. The fourth-order valence-electron chi connectivity index (χ4n) is 2.71. The van der Waals surface area contributed by atoms with Crippen LogP contribution in [-0.4, -0.2) is 23.0 Å². The molecular weight excluding hydrogens is 376 g/mol. The zero-order valence-corrected chi connectivity index (χ0v) is 16.1. The molecule has 3 aromatic rings. The number of nitrogens with zero attached hydrogens (tertiary/aromatic N) is 2. The van der Waals surface area contributed by atoms with Gasteiger partial charge < -0.3 is 13.9 Å². The standard InChI is InChI=1S/C21H20N2O6/c1-14-3-5-15(6-4-14)19-12-22-20(29-19)9-10-21(24)28-13-16-11-17(23(25)26)7-8-18(16)27-2/h3-8,11-12H,9-10,13H2,1-2H3. The van der Waals surface area contributed by atoms with Gasteiger partial charge in [0.15, 0.2) is 11.7 Å². The maximum Gasteiger partial charge on any atom is 0.306 e. The van der Waals surface area contributed by atoms with Crippen LogP contribution in [0.25, 0.3) is 11.3 Å². The van der Waals surface area contributed by atoms with E-state index in [-0.39, 0.29) is 25.1 Å². The average molecular weight is 396 g/mol. The fraction of sp³-hybridized carbons (Fsp3) is 0.238. The largest absolute Gasteiger partial charge is 0.496 e. The van der Waals surface area contributed by atoms with Crippen LogP contribution in [0.3, 0.4) is 0 Å². The molecule has 0 saturated carbocycles. The summed E-state index contributed by atoms with van der Waals surface area (Å²) in [5.41, 5.74) is 2.39. The minimum atomic E-state index is -0.515. The lowest BCUT2D eigenvalue weighted by Crippen LogP contribution is -2.07. The van der Waals surface area contributed by atoms with E-state index in [9.17, 15) is 14.9 Å². The number of hydrogen-bond acceptors (Lipinski definition) is 7. The van der Waals surface area contributed by atoms with Gasteiger partial charge in [0.25, 0.3) is 5.69 Å². The fourth-order valence-corrected chi connectivity index (χ4v) is 2.71. The number of oxazole rings is 1. The van der Waals surface area contributed by atoms with Crippen molar-refractivity contribution in [2.75, 3.05) is 7.11 Å². The van der Waals surface area contributed by atoms with Crippen molar-refractivity contribution in [3.8, 4) is 17.1 Å². The molecule has 0 aliphatic heterocycles. The monoisotopic (exact) mass is 396 g/mol. The highest BCUT2D eigenvalue weighted by atomic mass is 16.6. The predicted octanol–water partition coefficient (Wildman–Crippen LogP) is 4.24. The average Bonchev–Trinajstić information content (AvgIpc) is 3.20. The van der Waals surface area contributed by atoms with Gasteiger partial charge in [-0.05, 0) is 13.0 Å². The summed E-state index contributed by atoms with van der Waals surface area (Å²) in [5, 5.41) is 10.9. The summed E-state index contributed by atoms with van der Waals surface area (Å²) in [6.45, 7) is 1.88. The molecule has 0 amide bonds. The van der Waals surface area contributed by atoms with E-state index in [1.807, 2.05) is 31.2 Å². The van der Waals surface area contributed by atoms with E-state index in [2.05, 4.69) is 4.98 Å². The number of carbonyl (C=O) groups is 1. The first-order valence-electron chi connectivity index (χ1n) is 8.95. The SMILES string of the molecule is COc1ccc([N+](=O)[O-])cc1COC(=O)CCc1ncc(-c2ccc(C)cc2)o1. The summed E-state index contributed by atoms with van der Waals surface area (Å²) in [6, 6.07) is 12.0. The number of nitro groups is 1. The molecule has 1 heterocycles. The van der Waals surface area contributed by atoms with E-state index in [4.69, 9.17) is 13.9 Å². The molecule has 0 N–H and O–H groups in total. The molecular formula is C21H20N2O6. The molecule has 0 unspecified atom stereocenters. The van der Waals surface area contributed by atoms with Crippen molar-refractivity contribution >= 4 is 11.7 Å². The number of non-ortho nitro benzene ring substituents is 1. The summed E-state index contributed by atoms with van der Waals surface area (Å²) < 4.78 is 16.1. The maximum atomic E-state index is 12.1. The van der Waals surface area contributed by atoms with Gasteiger partial charge in [-0.15, -0.1) is 0 Å². The molecule has 0 atom stereocenters. The van der Waals surface area contributed by atoms with Crippen molar-refractivity contribution in [3.05, 3.63) is 75.8 Å². The van der Waals surface area contributed by atoms with Gasteiger partial charge in [0.05, 0.1) is 24.7 Å². The number of hydrogen-bond donors (Lipinski definition) is 0. The molecule has 1 aromatic heterocycles. The Hall–Kier alpha value is -3.68. The number of nitro benzene ring substituents is 1. The van der Waals surface area contributed by atoms with Crippen LogP contribution >= 0.6 is 0 Å². The van der Waals surface area contributed by atoms with Gasteiger partial charge >= 0.3 is 5.97 Å². The van der Waals surface area contributed by atoms with E-state index in [0.717, 1.165) is 11.1 Å². The van der Waals surface area contributed by atoms with Gasteiger partial charge in [-0.1, -0.05) is 29.8 Å². The second-order valence-corrected chi connectivity index (χ2v) is 6.40. The predicted molar refractivity (Wildman–Crippen MR) is 104 cm³/mol. The van der Waals surface area contributed by atoms with E-state index in [1.165, 1.54) is 25.3 Å². The Morgan fingerprint density at radius 3 is 2.66 bits per heavy atom. The minimum absolute atomic E-state index is 0.0745. The smallest absolute Gasteiger partial charge is 0.306 e. The van der Waals surface area contributed by atoms with Crippen molar-refractivity contribution in [1.82, 2.24) is 4.98 Å². The molecule has 2 aromatic carbocycles. The van der Waals surface area contributed by atoms with E-state index in [0.29, 0.717) is 23.0 Å². The molecule has 3 rings (SSSR count). The molecule has 0 aliphatic carbocycles. The third-order valence-corrected chi connectivity index (χ3v) is 4.30. The lowest BCUT2D eigenvalue weighted by molar-refractivity contribution is -0.385. The zero-order chi connectivity index (χ0) is 20.8. The number of benzene rings is 2. The van der Waals surface area contributed by atoms with Crippen LogP contribution in [-0.2, 0) is 22.6 Å². The lowest BCUT2D eigenvalue weighted by atomic mass is 10.1. The van der Waals surface area contributed by atoms with Crippen LogP contribution < -0.4 is 4.74 Å². The van der Waals surface area contributed by atoms with E-state index < -0.39 is 10.9 Å². The third-order valence-electron chi connectivity index (χ3n) is 4.30. The lowest BCUT2D eigenvalue weighted by Gasteiger charge is -2.09. The molecule has 0 saturated heterocycles. The topological polar surface area (TPSA) is 105 Å². The van der Waals surface area contributed by atoms with Crippen LogP contribution in [0.5, 0.6) is 5.75 Å². The summed E-state index contributed by atoms with van der Waals surface area (Å²) in [4.78, 5) is 26.6. The molecule has 0 radical (unpaired) electrons. The zero-order valence-electron chi connectivity index (χ0n) is 16.1. The molecule has 0 spiro atoms. The van der Waals surface area contributed by atoms with Crippen LogP contribution in [0, 0.1) is 17.0 Å². The first-order valence-corrected chi connectivity index (χ1v) is 8.95. The number of aromatic nitrogens is 1. The molecule has 8 nitrogen and oxygen atoms in total. The number of aryl methyl sites for hydroxylation is 2. The highest BCUT2D eigenvalue weighted by molar-refractivity contribution is 5.69. The van der Waals surface area contributed by atoms with Crippen molar-refractivity contribution in [3.63, 3.8) is 0 Å². The second-order valence-electron chi connectivity index (χ2n) is 6.40. The van der Waals surface area contributed by atoms with E-state index in [1.54, 1.807) is 6.20 Å². The molecule has 0 bridgehead atoms. The van der Waals surface area contributed by atoms with Crippen LogP contribution in [0.15, 0.2) is 53.1 Å². The number of ether oxygens (including phenoxy) is 2. The van der Waals surface area contributed by atoms with Crippen molar-refractivity contribution in [1.29, 1.82) is 0 Å². The van der Waals surface area contributed by atoms with Crippen LogP contribution in [0.2, 0.25) is 0 Å². The van der Waals surface area contributed by atoms with Gasteiger partial charge in [0, 0.05) is 29.7 Å². The van der Waals surface area contributed by atoms with Crippen LogP contribution in [0.4, 0.5) is 5.69 Å². The maximum absolute atomic E-state index is 12.1.